The Morgan fingerprint density at radius 3 is 2.65 bits per heavy atom. The van der Waals surface area contributed by atoms with E-state index in [2.05, 4.69) is 15.5 Å². The highest BCUT2D eigenvalue weighted by molar-refractivity contribution is 7.15. The average Bonchev–Trinajstić information content (AvgIpc) is 2.76. The molecule has 1 aromatic rings. The normalized spacial score (nSPS) is 10.7. The first kappa shape index (κ1) is 14.3. The number of nitrogens with one attached hydrogen (secondary N) is 1. The van der Waals surface area contributed by atoms with Gasteiger partial charge in [-0.1, -0.05) is 11.3 Å². The summed E-state index contributed by atoms with van der Waals surface area (Å²) in [6.45, 7) is 5.70. The van der Waals surface area contributed by atoms with E-state index in [4.69, 9.17) is 14.2 Å². The van der Waals surface area contributed by atoms with Crippen LogP contribution in [0.2, 0.25) is 0 Å². The summed E-state index contributed by atoms with van der Waals surface area (Å²) in [4.78, 5) is 0. The van der Waals surface area contributed by atoms with Gasteiger partial charge in [0.2, 0.25) is 5.13 Å². The molecule has 6 nitrogen and oxygen atoms in total. The number of hydrogen-bond donors (Lipinski definition) is 1. The smallest absolute Gasteiger partial charge is 0.205 e. The van der Waals surface area contributed by atoms with E-state index in [9.17, 15) is 0 Å². The third-order valence-corrected chi connectivity index (χ3v) is 2.68. The predicted molar refractivity (Wildman–Crippen MR) is 66.4 cm³/mol. The lowest BCUT2D eigenvalue weighted by Gasteiger charge is -2.03. The Morgan fingerprint density at radius 2 is 1.88 bits per heavy atom. The van der Waals surface area contributed by atoms with E-state index in [-0.39, 0.29) is 0 Å². The average molecular weight is 261 g/mol. The fraction of sp³-hybridized carbons (Fsp3) is 0.800. The maximum Gasteiger partial charge on any atom is 0.205 e. The van der Waals surface area contributed by atoms with Crippen LogP contribution in [0.3, 0.4) is 0 Å². The van der Waals surface area contributed by atoms with Crippen LogP contribution in [0.1, 0.15) is 11.9 Å². The highest BCUT2D eigenvalue weighted by atomic mass is 32.1. The highest BCUT2D eigenvalue weighted by Gasteiger charge is 2.02. The third-order valence-electron chi connectivity index (χ3n) is 1.82. The summed E-state index contributed by atoms with van der Waals surface area (Å²) in [5, 5.41) is 12.8. The Labute approximate surface area is 105 Å². The minimum absolute atomic E-state index is 0.483. The van der Waals surface area contributed by atoms with Crippen molar-refractivity contribution in [2.24, 2.45) is 0 Å². The molecule has 0 aromatic carbocycles. The molecule has 7 heteroatoms. The van der Waals surface area contributed by atoms with Gasteiger partial charge in [0, 0.05) is 13.7 Å². The van der Waals surface area contributed by atoms with Gasteiger partial charge in [-0.25, -0.2) is 0 Å². The van der Waals surface area contributed by atoms with E-state index in [0.29, 0.717) is 33.0 Å². The highest BCUT2D eigenvalue weighted by Crippen LogP contribution is 2.15. The van der Waals surface area contributed by atoms with E-state index in [1.54, 1.807) is 7.11 Å². The molecule has 98 valence electrons. The molecule has 0 fully saturated rings. The summed E-state index contributed by atoms with van der Waals surface area (Å²) in [6.07, 6.45) is 0. The first-order valence-corrected chi connectivity index (χ1v) is 6.39. The Kier molecular flexibility index (Phi) is 7.81. The first-order chi connectivity index (χ1) is 8.36. The molecule has 17 heavy (non-hydrogen) atoms. The van der Waals surface area contributed by atoms with Crippen molar-refractivity contribution in [3.63, 3.8) is 0 Å². The molecule has 0 radical (unpaired) electrons. The third kappa shape index (κ3) is 6.52. The summed E-state index contributed by atoms with van der Waals surface area (Å²) < 4.78 is 15.5. The molecule has 0 aliphatic heterocycles. The summed E-state index contributed by atoms with van der Waals surface area (Å²) in [6, 6.07) is 0. The topological polar surface area (TPSA) is 65.5 Å². The van der Waals surface area contributed by atoms with Gasteiger partial charge in [-0.2, -0.15) is 0 Å². The van der Waals surface area contributed by atoms with Crippen molar-refractivity contribution < 1.29 is 14.2 Å². The number of anilines is 1. The fourth-order valence-corrected chi connectivity index (χ4v) is 1.80. The second-order valence-electron chi connectivity index (χ2n) is 3.19. The molecule has 1 aromatic heterocycles. The van der Waals surface area contributed by atoms with E-state index >= 15 is 0 Å². The minimum Gasteiger partial charge on any atom is -0.382 e. The summed E-state index contributed by atoms with van der Waals surface area (Å²) >= 11 is 1.51. The molecule has 0 unspecified atom stereocenters. The fourth-order valence-electron chi connectivity index (χ4n) is 1.06. The second-order valence-corrected chi connectivity index (χ2v) is 4.25. The molecule has 0 bridgehead atoms. The van der Waals surface area contributed by atoms with Gasteiger partial charge >= 0.3 is 0 Å². The van der Waals surface area contributed by atoms with Crippen LogP contribution in [0.4, 0.5) is 5.13 Å². The van der Waals surface area contributed by atoms with Crippen molar-refractivity contribution in [1.29, 1.82) is 0 Å². The number of hydrogen-bond acceptors (Lipinski definition) is 7. The molecule has 0 amide bonds. The Balaban J connectivity index is 2.01. The van der Waals surface area contributed by atoms with Crippen molar-refractivity contribution >= 4 is 16.5 Å². The standard InChI is InChI=1S/C10H19N3O3S/c1-3-11-10-13-12-9(17-10)8-16-7-6-15-5-4-14-2/h3-8H2,1-2H3,(H,11,13). The quantitative estimate of drug-likeness (QED) is 0.637. The van der Waals surface area contributed by atoms with Crippen molar-refractivity contribution in [3.05, 3.63) is 5.01 Å². The number of rotatable bonds is 10. The lowest BCUT2D eigenvalue weighted by Crippen LogP contribution is -2.08. The van der Waals surface area contributed by atoms with Crippen molar-refractivity contribution in [2.45, 2.75) is 13.5 Å². The van der Waals surface area contributed by atoms with Crippen molar-refractivity contribution in [1.82, 2.24) is 10.2 Å². The predicted octanol–water partition coefficient (Wildman–Crippen LogP) is 1.15. The number of aromatic nitrogens is 2. The molecule has 0 spiro atoms. The van der Waals surface area contributed by atoms with E-state index in [1.807, 2.05) is 6.92 Å². The molecule has 0 saturated carbocycles. The van der Waals surface area contributed by atoms with Crippen LogP contribution in [0.15, 0.2) is 0 Å². The Hall–Kier alpha value is -0.760. The second kappa shape index (κ2) is 9.29. The van der Waals surface area contributed by atoms with Gasteiger partial charge in [-0.3, -0.25) is 0 Å². The lowest BCUT2D eigenvalue weighted by molar-refractivity contribution is 0.0198. The zero-order chi connectivity index (χ0) is 12.3. The van der Waals surface area contributed by atoms with Gasteiger partial charge in [0.25, 0.3) is 0 Å². The molecular formula is C10H19N3O3S. The zero-order valence-corrected chi connectivity index (χ0v) is 11.1. The lowest BCUT2D eigenvalue weighted by atomic mass is 10.7. The Bertz CT molecular complexity index is 296. The van der Waals surface area contributed by atoms with E-state index < -0.39 is 0 Å². The van der Waals surface area contributed by atoms with Crippen molar-refractivity contribution in [2.75, 3.05) is 45.4 Å². The SMILES string of the molecule is CCNc1nnc(COCCOCCOC)s1. The maximum atomic E-state index is 5.41. The molecule has 1 N–H and O–H groups in total. The largest absolute Gasteiger partial charge is 0.382 e. The summed E-state index contributed by atoms with van der Waals surface area (Å²) in [5.41, 5.74) is 0. The van der Waals surface area contributed by atoms with Gasteiger partial charge in [-0.15, -0.1) is 10.2 Å². The molecule has 0 aliphatic carbocycles. The van der Waals surface area contributed by atoms with Gasteiger partial charge < -0.3 is 19.5 Å². The van der Waals surface area contributed by atoms with Crippen LogP contribution in [0.25, 0.3) is 0 Å². The van der Waals surface area contributed by atoms with Crippen LogP contribution in [0.5, 0.6) is 0 Å². The van der Waals surface area contributed by atoms with Gasteiger partial charge in [-0.05, 0) is 6.92 Å². The molecule has 0 aliphatic rings. The van der Waals surface area contributed by atoms with Gasteiger partial charge in [0.1, 0.15) is 11.6 Å². The molecule has 1 rings (SSSR count). The molecule has 0 saturated heterocycles. The molecule has 0 atom stereocenters. The monoisotopic (exact) mass is 261 g/mol. The van der Waals surface area contributed by atoms with E-state index in [0.717, 1.165) is 16.7 Å². The van der Waals surface area contributed by atoms with Crippen LogP contribution in [-0.2, 0) is 20.8 Å². The van der Waals surface area contributed by atoms with Crippen LogP contribution in [-0.4, -0.2) is 50.3 Å². The zero-order valence-electron chi connectivity index (χ0n) is 10.3. The minimum atomic E-state index is 0.483. The van der Waals surface area contributed by atoms with Crippen LogP contribution in [0, 0.1) is 0 Å². The molecular weight excluding hydrogens is 242 g/mol. The molecule has 1 heterocycles. The summed E-state index contributed by atoms with van der Waals surface area (Å²) in [5.74, 6) is 0. The summed E-state index contributed by atoms with van der Waals surface area (Å²) in [7, 11) is 1.65. The van der Waals surface area contributed by atoms with E-state index in [1.165, 1.54) is 11.3 Å². The maximum absolute atomic E-state index is 5.41. The number of nitrogens with zero attached hydrogens (tertiary/aromatic N) is 2. The van der Waals surface area contributed by atoms with Crippen molar-refractivity contribution in [3.8, 4) is 0 Å². The van der Waals surface area contributed by atoms with Gasteiger partial charge in [0.15, 0.2) is 0 Å². The Morgan fingerprint density at radius 1 is 1.12 bits per heavy atom. The van der Waals surface area contributed by atoms with Gasteiger partial charge in [0.05, 0.1) is 26.4 Å². The van der Waals surface area contributed by atoms with Crippen LogP contribution < -0.4 is 5.32 Å². The first-order valence-electron chi connectivity index (χ1n) is 5.57. The number of ether oxygens (including phenoxy) is 3. The van der Waals surface area contributed by atoms with Crippen LogP contribution >= 0.6 is 11.3 Å². The number of methoxy groups -OCH3 is 1.